The molecular weight excluding hydrogens is 353 g/mol. The molecule has 0 fully saturated rings. The van der Waals surface area contributed by atoms with Gasteiger partial charge >= 0.3 is 10.2 Å². The predicted molar refractivity (Wildman–Crippen MR) is 104 cm³/mol. The first-order valence-corrected chi connectivity index (χ1v) is 9.70. The zero-order valence-electron chi connectivity index (χ0n) is 15.1. The molecule has 0 saturated carbocycles. The van der Waals surface area contributed by atoms with Crippen molar-refractivity contribution in [1.82, 2.24) is 4.90 Å². The maximum Gasteiger partial charge on any atom is 0.331 e. The van der Waals surface area contributed by atoms with Crippen LogP contribution >= 0.6 is 0 Å². The number of hydrogen-bond donors (Lipinski definition) is 0. The van der Waals surface area contributed by atoms with E-state index in [-0.39, 0.29) is 12.2 Å². The molecule has 0 amide bonds. The maximum absolute atomic E-state index is 14.5. The van der Waals surface area contributed by atoms with Crippen molar-refractivity contribution >= 4 is 27.3 Å². The first-order valence-electron chi connectivity index (χ1n) is 8.30. The summed E-state index contributed by atoms with van der Waals surface area (Å²) in [5, 5.41) is 0. The van der Waals surface area contributed by atoms with Crippen LogP contribution in [0.15, 0.2) is 54.6 Å². The standard InChI is InChI=1S/C19H22FN3O2S/c1-15-10-11-17(16(20)14-15)23-19-9-5-4-8-18(19)22(26(23,24)25)13-7-6-12-21(2)3/h4-11,14H,12-13H2,1-3H3/b7-6+. The molecule has 1 aliphatic heterocycles. The molecule has 0 aromatic heterocycles. The molecule has 1 aliphatic rings. The fourth-order valence-electron chi connectivity index (χ4n) is 2.87. The fourth-order valence-corrected chi connectivity index (χ4v) is 4.55. The van der Waals surface area contributed by atoms with Gasteiger partial charge in [-0.05, 0) is 50.8 Å². The average Bonchev–Trinajstić information content (AvgIpc) is 2.79. The highest BCUT2D eigenvalue weighted by Crippen LogP contribution is 2.45. The number of benzene rings is 2. The Morgan fingerprint density at radius 2 is 1.73 bits per heavy atom. The summed E-state index contributed by atoms with van der Waals surface area (Å²) >= 11 is 0. The van der Waals surface area contributed by atoms with Crippen LogP contribution in [0.2, 0.25) is 0 Å². The second-order valence-corrected chi connectivity index (χ2v) is 8.18. The number of rotatable bonds is 5. The zero-order chi connectivity index (χ0) is 18.9. The van der Waals surface area contributed by atoms with E-state index in [0.29, 0.717) is 17.9 Å². The quantitative estimate of drug-likeness (QED) is 0.752. The minimum Gasteiger partial charge on any atom is -0.306 e. The summed E-state index contributed by atoms with van der Waals surface area (Å²) in [6.07, 6.45) is 3.72. The van der Waals surface area contributed by atoms with E-state index < -0.39 is 16.0 Å². The van der Waals surface area contributed by atoms with E-state index in [1.54, 1.807) is 37.3 Å². The van der Waals surface area contributed by atoms with Crippen LogP contribution in [0.25, 0.3) is 0 Å². The van der Waals surface area contributed by atoms with Gasteiger partial charge in [-0.25, -0.2) is 13.0 Å². The first-order chi connectivity index (χ1) is 12.3. The van der Waals surface area contributed by atoms with E-state index in [9.17, 15) is 12.8 Å². The van der Waals surface area contributed by atoms with E-state index in [0.717, 1.165) is 9.87 Å². The van der Waals surface area contributed by atoms with Crippen LogP contribution in [0.4, 0.5) is 21.5 Å². The molecule has 2 aromatic rings. The molecule has 0 bridgehead atoms. The molecule has 3 rings (SSSR count). The van der Waals surface area contributed by atoms with Crippen molar-refractivity contribution in [2.45, 2.75) is 6.92 Å². The van der Waals surface area contributed by atoms with Crippen LogP contribution in [-0.2, 0) is 10.2 Å². The molecule has 0 aliphatic carbocycles. The van der Waals surface area contributed by atoms with Crippen molar-refractivity contribution in [2.24, 2.45) is 0 Å². The first kappa shape index (κ1) is 18.4. The highest BCUT2D eigenvalue weighted by Gasteiger charge is 2.41. The van der Waals surface area contributed by atoms with Gasteiger partial charge in [0.2, 0.25) is 0 Å². The van der Waals surface area contributed by atoms with Gasteiger partial charge in [-0.2, -0.15) is 8.42 Å². The van der Waals surface area contributed by atoms with E-state index in [4.69, 9.17) is 0 Å². The Morgan fingerprint density at radius 1 is 1.04 bits per heavy atom. The smallest absolute Gasteiger partial charge is 0.306 e. The average molecular weight is 375 g/mol. The number of hydrogen-bond acceptors (Lipinski definition) is 3. The second kappa shape index (κ2) is 7.09. The molecular formula is C19H22FN3O2S. The van der Waals surface area contributed by atoms with Gasteiger partial charge in [-0.3, -0.25) is 0 Å². The molecule has 0 atom stereocenters. The summed E-state index contributed by atoms with van der Waals surface area (Å²) in [7, 11) is -0.0370. The van der Waals surface area contributed by atoms with Crippen LogP contribution in [0.3, 0.4) is 0 Å². The summed E-state index contributed by atoms with van der Waals surface area (Å²) in [6, 6.07) is 11.5. The molecule has 0 radical (unpaired) electrons. The third-order valence-electron chi connectivity index (χ3n) is 4.11. The minimum absolute atomic E-state index is 0.0304. The Morgan fingerprint density at radius 3 is 2.38 bits per heavy atom. The number of anilines is 3. The van der Waals surface area contributed by atoms with Gasteiger partial charge in [0.1, 0.15) is 5.82 Å². The SMILES string of the molecule is Cc1ccc(N2c3ccccc3N(C/C=C/CN(C)C)S2(=O)=O)c(F)c1. The van der Waals surface area contributed by atoms with Crippen molar-refractivity contribution in [3.8, 4) is 0 Å². The molecule has 7 heteroatoms. The Hall–Kier alpha value is -2.38. The Kier molecular flexibility index (Phi) is 5.02. The van der Waals surface area contributed by atoms with Crippen LogP contribution < -0.4 is 8.61 Å². The fraction of sp³-hybridized carbons (Fsp3) is 0.263. The molecule has 0 spiro atoms. The highest BCUT2D eigenvalue weighted by molar-refractivity contribution is 7.95. The van der Waals surface area contributed by atoms with E-state index in [1.807, 2.05) is 31.1 Å². The van der Waals surface area contributed by atoms with Crippen LogP contribution in [0.5, 0.6) is 0 Å². The number of nitrogens with zero attached hydrogens (tertiary/aromatic N) is 3. The van der Waals surface area contributed by atoms with E-state index in [1.165, 1.54) is 16.4 Å². The molecule has 5 nitrogen and oxygen atoms in total. The number of fused-ring (bicyclic) bond motifs is 1. The highest BCUT2D eigenvalue weighted by atomic mass is 32.2. The van der Waals surface area contributed by atoms with Crippen molar-refractivity contribution in [3.05, 3.63) is 66.0 Å². The molecule has 1 heterocycles. The van der Waals surface area contributed by atoms with Crippen molar-refractivity contribution in [3.63, 3.8) is 0 Å². The maximum atomic E-state index is 14.5. The molecule has 138 valence electrons. The lowest BCUT2D eigenvalue weighted by molar-refractivity contribution is 0.456. The molecule has 2 aromatic carbocycles. The molecule has 0 saturated heterocycles. The van der Waals surface area contributed by atoms with Gasteiger partial charge < -0.3 is 4.90 Å². The number of likely N-dealkylation sites (N-methyl/N-ethyl adjacent to an activating group) is 1. The Bertz CT molecular complexity index is 942. The van der Waals surface area contributed by atoms with Gasteiger partial charge in [0.25, 0.3) is 0 Å². The summed E-state index contributed by atoms with van der Waals surface area (Å²) in [5.41, 5.74) is 1.76. The van der Waals surface area contributed by atoms with E-state index in [2.05, 4.69) is 0 Å². The number of aryl methyl sites for hydroxylation is 1. The van der Waals surface area contributed by atoms with Gasteiger partial charge in [-0.15, -0.1) is 0 Å². The largest absolute Gasteiger partial charge is 0.331 e. The van der Waals surface area contributed by atoms with E-state index >= 15 is 0 Å². The van der Waals surface area contributed by atoms with Crippen molar-refractivity contribution in [1.29, 1.82) is 0 Å². The lowest BCUT2D eigenvalue weighted by Crippen LogP contribution is -2.35. The minimum atomic E-state index is -3.91. The number of halogens is 1. The third-order valence-corrected chi connectivity index (χ3v) is 5.87. The normalized spacial score (nSPS) is 15.9. The lowest BCUT2D eigenvalue weighted by Gasteiger charge is -2.21. The topological polar surface area (TPSA) is 43.9 Å². The van der Waals surface area contributed by atoms with Gasteiger partial charge in [-0.1, -0.05) is 30.4 Å². The third kappa shape index (κ3) is 3.32. The molecule has 0 N–H and O–H groups in total. The van der Waals surface area contributed by atoms with Crippen LogP contribution in [-0.4, -0.2) is 40.5 Å². The summed E-state index contributed by atoms with van der Waals surface area (Å²) in [6.45, 7) is 2.67. The van der Waals surface area contributed by atoms with Gasteiger partial charge in [0.15, 0.2) is 0 Å². The Labute approximate surface area is 154 Å². The van der Waals surface area contributed by atoms with Crippen molar-refractivity contribution in [2.75, 3.05) is 35.8 Å². The summed E-state index contributed by atoms with van der Waals surface area (Å²) in [5.74, 6) is -0.562. The molecule has 26 heavy (non-hydrogen) atoms. The van der Waals surface area contributed by atoms with Crippen molar-refractivity contribution < 1.29 is 12.8 Å². The second-order valence-electron chi connectivity index (χ2n) is 6.48. The lowest BCUT2D eigenvalue weighted by atomic mass is 10.2. The van der Waals surface area contributed by atoms with Gasteiger partial charge in [0.05, 0.1) is 23.6 Å². The monoisotopic (exact) mass is 375 g/mol. The zero-order valence-corrected chi connectivity index (χ0v) is 15.9. The summed E-state index contributed by atoms with van der Waals surface area (Å²) in [4.78, 5) is 1.98. The van der Waals surface area contributed by atoms with Crippen LogP contribution in [0, 0.1) is 12.7 Å². The predicted octanol–water partition coefficient (Wildman–Crippen LogP) is 3.45. The van der Waals surface area contributed by atoms with Crippen LogP contribution in [0.1, 0.15) is 5.56 Å². The Balaban J connectivity index is 2.03. The van der Waals surface area contributed by atoms with Gasteiger partial charge in [0, 0.05) is 6.54 Å². The molecule has 0 unspecified atom stereocenters. The summed E-state index contributed by atoms with van der Waals surface area (Å²) < 4.78 is 43.2. The number of para-hydroxylation sites is 2.